The Morgan fingerprint density at radius 2 is 1.72 bits per heavy atom. The number of aromatic hydroxyl groups is 1. The van der Waals surface area contributed by atoms with Gasteiger partial charge in [0.1, 0.15) is 12.5 Å². The maximum Gasteiger partial charge on any atom is 0.309 e. The Bertz CT molecular complexity index is 326. The number of phenolic OH excluding ortho intramolecular Hbond substituents is 1. The fourth-order valence-corrected chi connectivity index (χ4v) is 1.29. The Hall–Kier alpha value is -2.04. The molecule has 102 valence electrons. The van der Waals surface area contributed by atoms with Crippen molar-refractivity contribution >= 4 is 12.8 Å². The number of rotatable bonds is 4. The SMILES string of the molecule is C=O.CCCCCc1ccccc1O.NC(N)=O. The average Bonchev–Trinajstić information content (AvgIpc) is 2.34. The lowest BCUT2D eigenvalue weighted by atomic mass is 10.1. The van der Waals surface area contributed by atoms with Crippen LogP contribution in [0.25, 0.3) is 0 Å². The van der Waals surface area contributed by atoms with Gasteiger partial charge in [-0.15, -0.1) is 0 Å². The van der Waals surface area contributed by atoms with Gasteiger partial charge < -0.3 is 21.4 Å². The van der Waals surface area contributed by atoms with E-state index in [0.29, 0.717) is 5.75 Å². The van der Waals surface area contributed by atoms with Crippen molar-refractivity contribution in [1.29, 1.82) is 0 Å². The van der Waals surface area contributed by atoms with Crippen molar-refractivity contribution in [3.63, 3.8) is 0 Å². The highest BCUT2D eigenvalue weighted by Crippen LogP contribution is 2.17. The molecule has 1 aromatic carbocycles. The molecule has 0 spiro atoms. The first-order chi connectivity index (χ1) is 8.57. The summed E-state index contributed by atoms with van der Waals surface area (Å²) < 4.78 is 0. The molecule has 0 saturated heterocycles. The highest BCUT2D eigenvalue weighted by molar-refractivity contribution is 5.69. The second-order valence-corrected chi connectivity index (χ2v) is 3.49. The molecule has 0 bridgehead atoms. The number of hydrogen-bond donors (Lipinski definition) is 3. The van der Waals surface area contributed by atoms with E-state index in [1.54, 1.807) is 6.07 Å². The van der Waals surface area contributed by atoms with Gasteiger partial charge in [-0.05, 0) is 24.5 Å². The highest BCUT2D eigenvalue weighted by atomic mass is 16.3. The number of primary amides is 2. The van der Waals surface area contributed by atoms with Gasteiger partial charge in [0.05, 0.1) is 0 Å². The minimum absolute atomic E-state index is 0.439. The van der Waals surface area contributed by atoms with E-state index >= 15 is 0 Å². The minimum Gasteiger partial charge on any atom is -0.508 e. The Morgan fingerprint density at radius 1 is 1.22 bits per heavy atom. The largest absolute Gasteiger partial charge is 0.508 e. The third-order valence-corrected chi connectivity index (χ3v) is 2.04. The van der Waals surface area contributed by atoms with Crippen LogP contribution in [-0.2, 0) is 11.2 Å². The predicted molar refractivity (Wildman–Crippen MR) is 72.2 cm³/mol. The maximum atomic E-state index is 9.41. The summed E-state index contributed by atoms with van der Waals surface area (Å²) in [6.45, 7) is 4.19. The normalized spacial score (nSPS) is 8.28. The quantitative estimate of drug-likeness (QED) is 0.715. The summed E-state index contributed by atoms with van der Waals surface area (Å²) in [5.41, 5.74) is 9.57. The number of carbonyl (C=O) groups excluding carboxylic acids is 2. The number of hydrogen-bond acceptors (Lipinski definition) is 3. The number of aryl methyl sites for hydroxylation is 1. The van der Waals surface area contributed by atoms with E-state index in [1.807, 2.05) is 25.0 Å². The monoisotopic (exact) mass is 254 g/mol. The van der Waals surface area contributed by atoms with E-state index in [0.717, 1.165) is 12.0 Å². The fraction of sp³-hybridized carbons (Fsp3) is 0.385. The van der Waals surface area contributed by atoms with Crippen molar-refractivity contribution in [2.24, 2.45) is 11.5 Å². The third kappa shape index (κ3) is 12.0. The molecule has 18 heavy (non-hydrogen) atoms. The molecule has 0 radical (unpaired) electrons. The number of phenols is 1. The number of para-hydroxylation sites is 1. The lowest BCUT2D eigenvalue weighted by Gasteiger charge is -2.02. The molecule has 2 amide bonds. The molecule has 0 saturated carbocycles. The van der Waals surface area contributed by atoms with Crippen molar-refractivity contribution in [3.05, 3.63) is 29.8 Å². The van der Waals surface area contributed by atoms with E-state index < -0.39 is 6.03 Å². The molecule has 5 N–H and O–H groups in total. The summed E-state index contributed by atoms with van der Waals surface area (Å²) >= 11 is 0. The average molecular weight is 254 g/mol. The molecule has 1 aromatic rings. The van der Waals surface area contributed by atoms with Gasteiger partial charge in [-0.25, -0.2) is 4.79 Å². The number of carbonyl (C=O) groups is 2. The van der Waals surface area contributed by atoms with Crippen LogP contribution in [0, 0.1) is 0 Å². The first-order valence-electron chi connectivity index (χ1n) is 5.68. The van der Waals surface area contributed by atoms with Gasteiger partial charge in [0.15, 0.2) is 0 Å². The summed E-state index contributed by atoms with van der Waals surface area (Å²) in [6.07, 6.45) is 4.65. The lowest BCUT2D eigenvalue weighted by Crippen LogP contribution is -2.18. The van der Waals surface area contributed by atoms with Crippen LogP contribution in [0.2, 0.25) is 0 Å². The molecule has 0 aliphatic rings. The summed E-state index contributed by atoms with van der Waals surface area (Å²) in [5.74, 6) is 0.439. The minimum atomic E-state index is -0.833. The topological polar surface area (TPSA) is 106 Å². The number of amides is 2. The molecule has 0 aliphatic heterocycles. The molecule has 1 rings (SSSR count). The second kappa shape index (κ2) is 13.0. The van der Waals surface area contributed by atoms with Crippen LogP contribution in [0.15, 0.2) is 24.3 Å². The lowest BCUT2D eigenvalue weighted by molar-refractivity contribution is -0.0979. The number of benzene rings is 1. The van der Waals surface area contributed by atoms with Gasteiger partial charge in [0.25, 0.3) is 0 Å². The van der Waals surface area contributed by atoms with E-state index in [9.17, 15) is 5.11 Å². The van der Waals surface area contributed by atoms with Crippen LogP contribution < -0.4 is 11.5 Å². The van der Waals surface area contributed by atoms with Crippen molar-refractivity contribution in [3.8, 4) is 5.75 Å². The van der Waals surface area contributed by atoms with E-state index in [4.69, 9.17) is 9.59 Å². The van der Waals surface area contributed by atoms with Crippen LogP contribution in [-0.4, -0.2) is 17.9 Å². The Morgan fingerprint density at radius 3 is 2.17 bits per heavy atom. The van der Waals surface area contributed by atoms with Crippen molar-refractivity contribution in [2.45, 2.75) is 32.6 Å². The van der Waals surface area contributed by atoms with Crippen LogP contribution in [0.3, 0.4) is 0 Å². The van der Waals surface area contributed by atoms with Gasteiger partial charge >= 0.3 is 6.03 Å². The molecule has 0 aromatic heterocycles. The van der Waals surface area contributed by atoms with Crippen molar-refractivity contribution in [1.82, 2.24) is 0 Å². The Balaban J connectivity index is 0. The first kappa shape index (κ1) is 18.3. The van der Waals surface area contributed by atoms with Crippen molar-refractivity contribution in [2.75, 3.05) is 0 Å². The third-order valence-electron chi connectivity index (χ3n) is 2.04. The molecule has 0 fully saturated rings. The standard InChI is InChI=1S/C11H16O.CH4N2O.CH2O/c1-2-3-4-7-10-8-5-6-9-11(10)12;2-1(3)4;1-2/h5-6,8-9,12H,2-4,7H2,1H3;(H4,2,3,4);1H2. The molecule has 0 atom stereocenters. The zero-order chi connectivity index (χ0) is 14.4. The maximum absolute atomic E-state index is 9.41. The summed E-state index contributed by atoms with van der Waals surface area (Å²) in [7, 11) is 0. The zero-order valence-corrected chi connectivity index (χ0v) is 10.8. The van der Waals surface area contributed by atoms with Gasteiger partial charge in [-0.2, -0.15) is 0 Å². The van der Waals surface area contributed by atoms with Crippen molar-refractivity contribution < 1.29 is 14.7 Å². The smallest absolute Gasteiger partial charge is 0.309 e. The molecule has 0 heterocycles. The Kier molecular flexibility index (Phi) is 13.3. The highest BCUT2D eigenvalue weighted by Gasteiger charge is 1.97. The summed E-state index contributed by atoms with van der Waals surface area (Å²) in [6, 6.07) is 6.74. The van der Waals surface area contributed by atoms with Crippen LogP contribution >= 0.6 is 0 Å². The van der Waals surface area contributed by atoms with Crippen LogP contribution in [0.1, 0.15) is 31.7 Å². The summed E-state index contributed by atoms with van der Waals surface area (Å²) in [5, 5.41) is 9.41. The number of nitrogens with two attached hydrogens (primary N) is 2. The molecular formula is C13H22N2O3. The number of unbranched alkanes of at least 4 members (excludes halogenated alkanes) is 2. The molecule has 5 heteroatoms. The first-order valence-corrected chi connectivity index (χ1v) is 5.68. The summed E-state index contributed by atoms with van der Waals surface area (Å²) in [4.78, 5) is 17.0. The van der Waals surface area contributed by atoms with Crippen LogP contribution in [0.5, 0.6) is 5.75 Å². The second-order valence-electron chi connectivity index (χ2n) is 3.49. The molecular weight excluding hydrogens is 232 g/mol. The fourth-order valence-electron chi connectivity index (χ4n) is 1.29. The molecule has 0 unspecified atom stereocenters. The predicted octanol–water partition coefficient (Wildman–Crippen LogP) is 1.96. The molecule has 5 nitrogen and oxygen atoms in total. The van der Waals surface area contributed by atoms with E-state index in [2.05, 4.69) is 18.4 Å². The Labute approximate surface area is 108 Å². The molecule has 0 aliphatic carbocycles. The van der Waals surface area contributed by atoms with E-state index in [1.165, 1.54) is 19.3 Å². The van der Waals surface area contributed by atoms with Gasteiger partial charge in [0.2, 0.25) is 0 Å². The van der Waals surface area contributed by atoms with Gasteiger partial charge in [-0.3, -0.25) is 0 Å². The number of urea groups is 1. The van der Waals surface area contributed by atoms with Gasteiger partial charge in [0, 0.05) is 0 Å². The zero-order valence-electron chi connectivity index (χ0n) is 10.8. The van der Waals surface area contributed by atoms with Crippen LogP contribution in [0.4, 0.5) is 4.79 Å². The van der Waals surface area contributed by atoms with Gasteiger partial charge in [-0.1, -0.05) is 38.0 Å². The van der Waals surface area contributed by atoms with E-state index in [-0.39, 0.29) is 0 Å².